The van der Waals surface area contributed by atoms with Gasteiger partial charge >= 0.3 is 0 Å². The number of benzene rings is 1. The van der Waals surface area contributed by atoms with Crippen molar-refractivity contribution < 1.29 is 4.39 Å². The van der Waals surface area contributed by atoms with Crippen LogP contribution in [0, 0.1) is 5.82 Å². The van der Waals surface area contributed by atoms with Gasteiger partial charge in [-0.05, 0) is 36.6 Å². The van der Waals surface area contributed by atoms with Crippen molar-refractivity contribution in [3.05, 3.63) is 41.7 Å². The second-order valence-electron chi connectivity index (χ2n) is 2.88. The van der Waals surface area contributed by atoms with Crippen molar-refractivity contribution >= 4 is 21.5 Å². The van der Waals surface area contributed by atoms with Crippen LogP contribution in [-0.4, -0.2) is 5.33 Å². The summed E-state index contributed by atoms with van der Waals surface area (Å²) in [6, 6.07) is 6.67. The summed E-state index contributed by atoms with van der Waals surface area (Å²) < 4.78 is 12.8. The Hall–Kier alpha value is -0.630. The van der Waals surface area contributed by atoms with Gasteiger partial charge in [-0.25, -0.2) is 4.39 Å². The van der Waals surface area contributed by atoms with Crippen LogP contribution in [0.25, 0.3) is 5.57 Å². The van der Waals surface area contributed by atoms with Crippen molar-refractivity contribution in [3.8, 4) is 0 Å². The summed E-state index contributed by atoms with van der Waals surface area (Å²) in [7, 11) is 0. The van der Waals surface area contributed by atoms with Gasteiger partial charge in [0.05, 0.1) is 0 Å². The lowest BCUT2D eigenvalue weighted by atomic mass is 10.1. The second-order valence-corrected chi connectivity index (χ2v) is 3.67. The largest absolute Gasteiger partial charge is 0.207 e. The molecule has 0 saturated carbocycles. The van der Waals surface area contributed by atoms with Gasteiger partial charge < -0.3 is 0 Å². The van der Waals surface area contributed by atoms with Crippen molar-refractivity contribution in [2.75, 3.05) is 5.33 Å². The minimum absolute atomic E-state index is 0.177. The van der Waals surface area contributed by atoms with E-state index in [1.165, 1.54) is 6.07 Å². The highest BCUT2D eigenvalue weighted by atomic mass is 79.9. The van der Waals surface area contributed by atoms with Crippen molar-refractivity contribution in [2.45, 2.75) is 13.3 Å². The van der Waals surface area contributed by atoms with Crippen LogP contribution in [-0.2, 0) is 0 Å². The van der Waals surface area contributed by atoms with Crippen LogP contribution >= 0.6 is 15.9 Å². The predicted octanol–water partition coefficient (Wildman–Crippen LogP) is 4.01. The Labute approximate surface area is 86.6 Å². The molecule has 1 aromatic rings. The first-order valence-electron chi connectivity index (χ1n) is 4.22. The molecule has 0 aliphatic heterocycles. The fourth-order valence-electron chi connectivity index (χ4n) is 1.12. The topological polar surface area (TPSA) is 0 Å². The molecule has 0 N–H and O–H groups in total. The molecule has 0 radical (unpaired) electrons. The van der Waals surface area contributed by atoms with E-state index in [0.717, 1.165) is 22.9 Å². The number of hydrogen-bond acceptors (Lipinski definition) is 0. The number of hydrogen-bond donors (Lipinski definition) is 0. The maximum Gasteiger partial charge on any atom is 0.123 e. The number of rotatable bonds is 3. The molecule has 0 aliphatic carbocycles. The third kappa shape index (κ3) is 3.31. The molecule has 0 atom stereocenters. The summed E-state index contributed by atoms with van der Waals surface area (Å²) in [5.74, 6) is -0.177. The zero-order chi connectivity index (χ0) is 9.68. The van der Waals surface area contributed by atoms with Gasteiger partial charge in [0.1, 0.15) is 5.82 Å². The van der Waals surface area contributed by atoms with Gasteiger partial charge in [0, 0.05) is 5.33 Å². The van der Waals surface area contributed by atoms with Gasteiger partial charge in [-0.3, -0.25) is 0 Å². The Bertz CT molecular complexity index is 305. The van der Waals surface area contributed by atoms with E-state index in [1.54, 1.807) is 12.1 Å². The number of allylic oxidation sites excluding steroid dienone is 2. The van der Waals surface area contributed by atoms with Gasteiger partial charge in [-0.15, -0.1) is 0 Å². The number of alkyl halides is 1. The Morgan fingerprint density at radius 1 is 1.54 bits per heavy atom. The molecule has 0 nitrogen and oxygen atoms in total. The summed E-state index contributed by atoms with van der Waals surface area (Å²) in [5, 5.41) is 0.944. The van der Waals surface area contributed by atoms with Crippen LogP contribution in [0.5, 0.6) is 0 Å². The molecule has 0 heterocycles. The molecule has 0 spiro atoms. The van der Waals surface area contributed by atoms with E-state index in [-0.39, 0.29) is 5.82 Å². The van der Waals surface area contributed by atoms with Crippen LogP contribution in [0.15, 0.2) is 30.3 Å². The van der Waals surface area contributed by atoms with E-state index in [1.807, 2.05) is 13.0 Å². The van der Waals surface area contributed by atoms with Crippen LogP contribution in [0.4, 0.5) is 4.39 Å². The summed E-state index contributed by atoms with van der Waals surface area (Å²) >= 11 is 3.35. The molecule has 2 heteroatoms. The molecule has 0 bridgehead atoms. The van der Waals surface area contributed by atoms with E-state index in [0.29, 0.717) is 0 Å². The standard InChI is InChI=1S/C11H12BrF/c1-9(4-3-7-12)10-5-2-6-11(13)8-10/h2,4-6,8H,3,7H2,1H3. The molecule has 1 rings (SSSR count). The molecular weight excluding hydrogens is 231 g/mol. The highest BCUT2D eigenvalue weighted by Gasteiger charge is 1.96. The van der Waals surface area contributed by atoms with Crippen molar-refractivity contribution in [2.24, 2.45) is 0 Å². The summed E-state index contributed by atoms with van der Waals surface area (Å²) in [6.07, 6.45) is 3.08. The van der Waals surface area contributed by atoms with Gasteiger partial charge in [-0.1, -0.05) is 34.1 Å². The Morgan fingerprint density at radius 3 is 2.92 bits per heavy atom. The molecule has 1 aromatic carbocycles. The van der Waals surface area contributed by atoms with Gasteiger partial charge in [0.25, 0.3) is 0 Å². The monoisotopic (exact) mass is 242 g/mol. The van der Waals surface area contributed by atoms with E-state index in [9.17, 15) is 4.39 Å². The maximum atomic E-state index is 12.8. The fourth-order valence-corrected chi connectivity index (χ4v) is 1.35. The molecule has 0 aliphatic rings. The van der Waals surface area contributed by atoms with Crippen LogP contribution < -0.4 is 0 Å². The van der Waals surface area contributed by atoms with E-state index >= 15 is 0 Å². The van der Waals surface area contributed by atoms with Crippen LogP contribution in [0.2, 0.25) is 0 Å². The first-order valence-corrected chi connectivity index (χ1v) is 5.35. The lowest BCUT2D eigenvalue weighted by Gasteiger charge is -2.00. The van der Waals surface area contributed by atoms with Gasteiger partial charge in [-0.2, -0.15) is 0 Å². The summed E-state index contributed by atoms with van der Waals surface area (Å²) in [4.78, 5) is 0. The minimum Gasteiger partial charge on any atom is -0.207 e. The average Bonchev–Trinajstić information content (AvgIpc) is 2.14. The van der Waals surface area contributed by atoms with Crippen molar-refractivity contribution in [3.63, 3.8) is 0 Å². The summed E-state index contributed by atoms with van der Waals surface area (Å²) in [5.41, 5.74) is 2.08. The fraction of sp³-hybridized carbons (Fsp3) is 0.273. The minimum atomic E-state index is -0.177. The Morgan fingerprint density at radius 2 is 2.31 bits per heavy atom. The first kappa shape index (κ1) is 10.5. The normalized spacial score (nSPS) is 11.8. The molecule has 13 heavy (non-hydrogen) atoms. The molecule has 0 amide bonds. The lowest BCUT2D eigenvalue weighted by Crippen LogP contribution is -1.82. The van der Waals surface area contributed by atoms with Crippen LogP contribution in [0.1, 0.15) is 18.9 Å². The van der Waals surface area contributed by atoms with Gasteiger partial charge in [0.2, 0.25) is 0 Å². The van der Waals surface area contributed by atoms with Gasteiger partial charge in [0.15, 0.2) is 0 Å². The quantitative estimate of drug-likeness (QED) is 0.703. The highest BCUT2D eigenvalue weighted by molar-refractivity contribution is 9.09. The smallest absolute Gasteiger partial charge is 0.123 e. The predicted molar refractivity (Wildman–Crippen MR) is 58.5 cm³/mol. The Kier molecular flexibility index (Phi) is 4.16. The molecular formula is C11H12BrF. The van der Waals surface area contributed by atoms with E-state index < -0.39 is 0 Å². The highest BCUT2D eigenvalue weighted by Crippen LogP contribution is 2.15. The molecule has 0 fully saturated rings. The van der Waals surface area contributed by atoms with Crippen LogP contribution in [0.3, 0.4) is 0 Å². The number of halogens is 2. The zero-order valence-electron chi connectivity index (χ0n) is 7.56. The lowest BCUT2D eigenvalue weighted by molar-refractivity contribution is 0.627. The zero-order valence-corrected chi connectivity index (χ0v) is 9.14. The average molecular weight is 243 g/mol. The van der Waals surface area contributed by atoms with Crippen molar-refractivity contribution in [1.82, 2.24) is 0 Å². The molecule has 0 aromatic heterocycles. The molecule has 70 valence electrons. The van der Waals surface area contributed by atoms with E-state index in [2.05, 4.69) is 22.0 Å². The third-order valence-corrected chi connectivity index (χ3v) is 2.30. The van der Waals surface area contributed by atoms with E-state index in [4.69, 9.17) is 0 Å². The maximum absolute atomic E-state index is 12.8. The summed E-state index contributed by atoms with van der Waals surface area (Å²) in [6.45, 7) is 2.00. The third-order valence-electron chi connectivity index (χ3n) is 1.84. The first-order chi connectivity index (χ1) is 6.24. The SMILES string of the molecule is CC(=CCCBr)c1cccc(F)c1. The second kappa shape index (κ2) is 5.18. The Balaban J connectivity index is 2.82. The molecule has 0 saturated heterocycles. The molecule has 0 unspecified atom stereocenters. The van der Waals surface area contributed by atoms with Crippen molar-refractivity contribution in [1.29, 1.82) is 0 Å².